The van der Waals surface area contributed by atoms with Crippen molar-refractivity contribution >= 4 is 7.80 Å². The van der Waals surface area contributed by atoms with E-state index in [-0.39, 0.29) is 5.16 Å². The largest absolute Gasteiger partial charge is 0.465 e. The number of hydrogen-bond donors (Lipinski definition) is 0. The molecule has 0 saturated carbocycles. The Labute approximate surface area is 73.8 Å². The molecule has 0 bridgehead atoms. The summed E-state index contributed by atoms with van der Waals surface area (Å²) in [6, 6.07) is 3.68. The third-order valence-electron chi connectivity index (χ3n) is 1.63. The lowest BCUT2D eigenvalue weighted by atomic mass is 10.3. The standard InChI is InChI=1S/C9H14O2P/c1-9(2,3)12(10)7-8-5-4-6-11-8/h4-6H,7H2,1-3H3/q+1. The summed E-state index contributed by atoms with van der Waals surface area (Å²) in [5.41, 5.74) is 0. The van der Waals surface area contributed by atoms with Gasteiger partial charge in [0.1, 0.15) is 0 Å². The molecule has 2 nitrogen and oxygen atoms in total. The van der Waals surface area contributed by atoms with Gasteiger partial charge in [0.15, 0.2) is 10.9 Å². The Balaban J connectivity index is 2.60. The Kier molecular flexibility index (Phi) is 2.69. The molecule has 1 heterocycles. The molecule has 1 rings (SSSR count). The summed E-state index contributed by atoms with van der Waals surface area (Å²) in [4.78, 5) is 0. The Morgan fingerprint density at radius 2 is 2.17 bits per heavy atom. The second-order valence-electron chi connectivity index (χ2n) is 3.79. The maximum atomic E-state index is 11.6. The molecule has 0 amide bonds. The zero-order valence-electron chi connectivity index (χ0n) is 7.70. The van der Waals surface area contributed by atoms with Crippen molar-refractivity contribution in [2.75, 3.05) is 0 Å². The van der Waals surface area contributed by atoms with E-state index in [1.54, 1.807) is 6.26 Å². The van der Waals surface area contributed by atoms with Gasteiger partial charge in [-0.3, -0.25) is 0 Å². The molecule has 0 aliphatic carbocycles. The van der Waals surface area contributed by atoms with Gasteiger partial charge in [-0.15, -0.1) is 0 Å². The van der Waals surface area contributed by atoms with Crippen LogP contribution in [0.4, 0.5) is 0 Å². The lowest BCUT2D eigenvalue weighted by molar-refractivity contribution is 0.517. The average molecular weight is 185 g/mol. The molecule has 0 aliphatic rings. The maximum Gasteiger partial charge on any atom is 0.352 e. The van der Waals surface area contributed by atoms with Gasteiger partial charge in [0.2, 0.25) is 6.16 Å². The Bertz CT molecular complexity index is 257. The van der Waals surface area contributed by atoms with E-state index in [0.717, 1.165) is 5.76 Å². The van der Waals surface area contributed by atoms with Crippen molar-refractivity contribution in [3.8, 4) is 0 Å². The summed E-state index contributed by atoms with van der Waals surface area (Å²) in [5.74, 6) is 0.811. The summed E-state index contributed by atoms with van der Waals surface area (Å²) in [6.45, 7) is 5.94. The Morgan fingerprint density at radius 3 is 2.58 bits per heavy atom. The maximum absolute atomic E-state index is 11.6. The van der Waals surface area contributed by atoms with Crippen LogP contribution in [0.15, 0.2) is 22.8 Å². The second kappa shape index (κ2) is 3.40. The first-order valence-corrected chi connectivity index (χ1v) is 5.42. The van der Waals surface area contributed by atoms with Crippen molar-refractivity contribution in [1.82, 2.24) is 0 Å². The minimum Gasteiger partial charge on any atom is -0.465 e. The highest BCUT2D eigenvalue weighted by Gasteiger charge is 2.34. The zero-order valence-corrected chi connectivity index (χ0v) is 8.60. The molecule has 1 atom stereocenters. The highest BCUT2D eigenvalue weighted by molar-refractivity contribution is 7.45. The molecule has 12 heavy (non-hydrogen) atoms. The van der Waals surface area contributed by atoms with Gasteiger partial charge in [0, 0.05) is 0 Å². The lowest BCUT2D eigenvalue weighted by Crippen LogP contribution is -2.07. The van der Waals surface area contributed by atoms with Crippen molar-refractivity contribution in [1.29, 1.82) is 0 Å². The molecule has 66 valence electrons. The van der Waals surface area contributed by atoms with Crippen molar-refractivity contribution in [3.63, 3.8) is 0 Å². The molecular weight excluding hydrogens is 171 g/mol. The normalized spacial score (nSPS) is 13.1. The van der Waals surface area contributed by atoms with Crippen LogP contribution in [0.3, 0.4) is 0 Å². The first-order chi connectivity index (χ1) is 5.50. The molecule has 1 aromatic heterocycles. The van der Waals surface area contributed by atoms with Crippen LogP contribution in [-0.4, -0.2) is 5.16 Å². The minimum atomic E-state index is -1.22. The SMILES string of the molecule is CC(C)(C)[P+](=O)Cc1ccco1. The third-order valence-corrected chi connectivity index (χ3v) is 3.72. The monoisotopic (exact) mass is 185 g/mol. The molecule has 0 aliphatic heterocycles. The van der Waals surface area contributed by atoms with Crippen molar-refractivity contribution in [2.45, 2.75) is 32.1 Å². The van der Waals surface area contributed by atoms with Crippen molar-refractivity contribution < 1.29 is 8.98 Å². The fourth-order valence-corrected chi connectivity index (χ4v) is 1.72. The van der Waals surface area contributed by atoms with Gasteiger partial charge in [0.05, 0.1) is 6.26 Å². The van der Waals surface area contributed by atoms with Crippen LogP contribution >= 0.6 is 7.80 Å². The summed E-state index contributed by atoms with van der Waals surface area (Å²) in [7, 11) is -1.22. The molecule has 0 fully saturated rings. The van der Waals surface area contributed by atoms with Gasteiger partial charge in [-0.05, 0) is 32.9 Å². The van der Waals surface area contributed by atoms with Crippen LogP contribution in [0.1, 0.15) is 26.5 Å². The molecule has 0 radical (unpaired) electrons. The number of rotatable bonds is 2. The van der Waals surface area contributed by atoms with E-state index in [0.29, 0.717) is 6.16 Å². The molecule has 1 unspecified atom stereocenters. The highest BCUT2D eigenvalue weighted by atomic mass is 31.1. The molecule has 1 aromatic rings. The fraction of sp³-hybridized carbons (Fsp3) is 0.556. The van der Waals surface area contributed by atoms with Crippen LogP contribution in [0.2, 0.25) is 0 Å². The third kappa shape index (κ3) is 2.46. The molecule has 0 N–H and O–H groups in total. The summed E-state index contributed by atoms with van der Waals surface area (Å²) < 4.78 is 16.7. The van der Waals surface area contributed by atoms with Crippen LogP contribution in [0.25, 0.3) is 0 Å². The van der Waals surface area contributed by atoms with Crippen LogP contribution in [0.5, 0.6) is 0 Å². The molecule has 3 heteroatoms. The quantitative estimate of drug-likeness (QED) is 0.661. The van der Waals surface area contributed by atoms with E-state index in [1.165, 1.54) is 0 Å². The van der Waals surface area contributed by atoms with Crippen LogP contribution in [-0.2, 0) is 10.7 Å². The zero-order chi connectivity index (χ0) is 9.19. The van der Waals surface area contributed by atoms with Gasteiger partial charge in [0.25, 0.3) is 0 Å². The van der Waals surface area contributed by atoms with E-state index in [4.69, 9.17) is 4.42 Å². The minimum absolute atomic E-state index is 0.123. The number of furan rings is 1. The first kappa shape index (κ1) is 9.47. The predicted molar refractivity (Wildman–Crippen MR) is 49.8 cm³/mol. The topological polar surface area (TPSA) is 30.2 Å². The predicted octanol–water partition coefficient (Wildman–Crippen LogP) is 3.41. The van der Waals surface area contributed by atoms with E-state index in [9.17, 15) is 4.57 Å². The Morgan fingerprint density at radius 1 is 1.50 bits per heavy atom. The van der Waals surface area contributed by atoms with E-state index < -0.39 is 7.80 Å². The number of hydrogen-bond acceptors (Lipinski definition) is 2. The van der Waals surface area contributed by atoms with Crippen LogP contribution < -0.4 is 0 Å². The van der Waals surface area contributed by atoms with Crippen LogP contribution in [0, 0.1) is 0 Å². The van der Waals surface area contributed by atoms with E-state index in [1.807, 2.05) is 32.9 Å². The average Bonchev–Trinajstić information content (AvgIpc) is 2.37. The fourth-order valence-electron chi connectivity index (χ4n) is 0.781. The smallest absolute Gasteiger partial charge is 0.352 e. The summed E-state index contributed by atoms with van der Waals surface area (Å²) in [6.07, 6.45) is 2.16. The second-order valence-corrected chi connectivity index (χ2v) is 6.20. The highest BCUT2D eigenvalue weighted by Crippen LogP contribution is 2.41. The van der Waals surface area contributed by atoms with Gasteiger partial charge in [-0.2, -0.15) is 0 Å². The van der Waals surface area contributed by atoms with Gasteiger partial charge >= 0.3 is 7.80 Å². The van der Waals surface area contributed by atoms with Crippen molar-refractivity contribution in [2.24, 2.45) is 0 Å². The molecule has 0 saturated heterocycles. The summed E-state index contributed by atoms with van der Waals surface area (Å²) >= 11 is 0. The molecule has 0 spiro atoms. The van der Waals surface area contributed by atoms with Crippen molar-refractivity contribution in [3.05, 3.63) is 24.2 Å². The van der Waals surface area contributed by atoms with Gasteiger partial charge < -0.3 is 4.42 Å². The van der Waals surface area contributed by atoms with E-state index >= 15 is 0 Å². The Hall–Kier alpha value is -0.620. The lowest BCUT2D eigenvalue weighted by Gasteiger charge is -2.03. The van der Waals surface area contributed by atoms with E-state index in [2.05, 4.69) is 0 Å². The molecular formula is C9H14O2P+. The molecule has 0 aromatic carbocycles. The van der Waals surface area contributed by atoms with Gasteiger partial charge in [-0.1, -0.05) is 4.57 Å². The first-order valence-electron chi connectivity index (χ1n) is 3.97. The summed E-state index contributed by atoms with van der Waals surface area (Å²) in [5, 5.41) is -0.123. The van der Waals surface area contributed by atoms with Gasteiger partial charge in [-0.25, -0.2) is 0 Å².